The molecule has 0 saturated carbocycles. The minimum absolute atomic E-state index is 0.0851. The summed E-state index contributed by atoms with van der Waals surface area (Å²) in [4.78, 5) is 18.4. The lowest BCUT2D eigenvalue weighted by atomic mass is 10.00. The van der Waals surface area contributed by atoms with Crippen molar-refractivity contribution in [3.63, 3.8) is 0 Å². The Morgan fingerprint density at radius 1 is 1.16 bits per heavy atom. The molecule has 0 unspecified atom stereocenters. The second kappa shape index (κ2) is 7.68. The second-order valence-electron chi connectivity index (χ2n) is 7.19. The molecule has 2 N–H and O–H groups in total. The molecule has 164 valence electrons. The summed E-state index contributed by atoms with van der Waals surface area (Å²) in [6.45, 7) is 0.655. The molecule has 1 aliphatic rings. The number of benzene rings is 2. The molecule has 0 radical (unpaired) electrons. The molecule has 12 heteroatoms. The molecule has 0 atom stereocenters. The fourth-order valence-electron chi connectivity index (χ4n) is 3.22. The number of hydrogen-bond acceptors (Lipinski definition) is 6. The van der Waals surface area contributed by atoms with Gasteiger partial charge < -0.3 is 10.2 Å². The summed E-state index contributed by atoms with van der Waals surface area (Å²) in [6, 6.07) is 10.2. The van der Waals surface area contributed by atoms with Crippen molar-refractivity contribution in [2.45, 2.75) is 6.18 Å². The number of halogens is 3. The molecule has 3 aromatic rings. The highest BCUT2D eigenvalue weighted by molar-refractivity contribution is 7.92. The zero-order valence-corrected chi connectivity index (χ0v) is 17.7. The average Bonchev–Trinajstić information content (AvgIpc) is 3.01. The number of rotatable bonds is 5. The van der Waals surface area contributed by atoms with E-state index in [1.165, 1.54) is 12.1 Å². The summed E-state index contributed by atoms with van der Waals surface area (Å²) in [7, 11) is -3.44. The van der Waals surface area contributed by atoms with Gasteiger partial charge in [-0.1, -0.05) is 23.5 Å². The normalized spacial score (nSPS) is 15.0. The van der Waals surface area contributed by atoms with Crippen LogP contribution < -0.4 is 14.9 Å². The second-order valence-corrected chi connectivity index (χ2v) is 9.95. The topological polar surface area (TPSA) is 91.4 Å². The maximum atomic E-state index is 13.2. The number of nitrogens with zero attached hydrogens (tertiary/aromatic N) is 2. The molecule has 4 rings (SSSR count). The Balaban J connectivity index is 1.41. The number of thiazole rings is 1. The van der Waals surface area contributed by atoms with Crippen LogP contribution in [0.15, 0.2) is 42.5 Å². The van der Waals surface area contributed by atoms with Gasteiger partial charge in [0.2, 0.25) is 15.9 Å². The number of carbonyl (C=O) groups is 1. The fraction of sp³-hybridized carbons (Fsp3) is 0.263. The molecule has 0 aliphatic carbocycles. The highest BCUT2D eigenvalue weighted by Crippen LogP contribution is 2.39. The van der Waals surface area contributed by atoms with E-state index in [-0.39, 0.29) is 17.3 Å². The number of anilines is 3. The molecule has 2 aromatic carbocycles. The van der Waals surface area contributed by atoms with Crippen LogP contribution in [0.4, 0.5) is 29.7 Å². The molecular weight excluding hydrogens is 453 g/mol. The van der Waals surface area contributed by atoms with Gasteiger partial charge in [0.05, 0.1) is 33.6 Å². The van der Waals surface area contributed by atoms with Gasteiger partial charge in [0, 0.05) is 18.8 Å². The van der Waals surface area contributed by atoms with E-state index in [1.807, 2.05) is 0 Å². The fourth-order valence-corrected chi connectivity index (χ4v) is 4.79. The summed E-state index contributed by atoms with van der Waals surface area (Å²) >= 11 is 1.15. The first-order valence-corrected chi connectivity index (χ1v) is 11.8. The van der Waals surface area contributed by atoms with Crippen LogP contribution in [0.25, 0.3) is 10.2 Å². The summed E-state index contributed by atoms with van der Waals surface area (Å²) in [5, 5.41) is 3.17. The first-order chi connectivity index (χ1) is 14.5. The number of nitrogens with one attached hydrogen (secondary N) is 2. The van der Waals surface area contributed by atoms with Crippen LogP contribution in [0.1, 0.15) is 5.56 Å². The molecular formula is C19H17F3N4O3S2. The van der Waals surface area contributed by atoms with Crippen molar-refractivity contribution in [3.8, 4) is 0 Å². The minimum atomic E-state index is -4.48. The molecule has 1 amide bonds. The minimum Gasteiger partial charge on any atom is -0.346 e. The summed E-state index contributed by atoms with van der Waals surface area (Å²) in [6.07, 6.45) is -3.45. The lowest BCUT2D eigenvalue weighted by Crippen LogP contribution is -2.52. The number of fused-ring (bicyclic) bond motifs is 1. The van der Waals surface area contributed by atoms with Gasteiger partial charge >= 0.3 is 6.18 Å². The van der Waals surface area contributed by atoms with Crippen molar-refractivity contribution in [1.29, 1.82) is 0 Å². The van der Waals surface area contributed by atoms with Gasteiger partial charge in [0.1, 0.15) is 0 Å². The van der Waals surface area contributed by atoms with Crippen LogP contribution in [0.3, 0.4) is 0 Å². The standard InChI is InChI=1S/C19H17F3N4O3S2/c1-31(28,29)25-13-5-2-4-12(8-13)23-17(27)11-9-26(10-11)18-24-16-14(19(20,21)22)6-3-7-15(16)30-18/h2-8,11,25H,9-10H2,1H3,(H,23,27). The van der Waals surface area contributed by atoms with E-state index < -0.39 is 21.8 Å². The summed E-state index contributed by atoms with van der Waals surface area (Å²) in [5.41, 5.74) is -0.0969. The van der Waals surface area contributed by atoms with Crippen LogP contribution in [0.2, 0.25) is 0 Å². The van der Waals surface area contributed by atoms with E-state index in [9.17, 15) is 26.4 Å². The van der Waals surface area contributed by atoms with E-state index in [1.54, 1.807) is 29.2 Å². The predicted octanol–water partition coefficient (Wildman–Crippen LogP) is 3.76. The first kappa shape index (κ1) is 21.4. The third kappa shape index (κ3) is 4.74. The molecule has 31 heavy (non-hydrogen) atoms. The van der Waals surface area contributed by atoms with Gasteiger partial charge in [-0.25, -0.2) is 13.4 Å². The number of hydrogen-bond donors (Lipinski definition) is 2. The van der Waals surface area contributed by atoms with Crippen molar-refractivity contribution in [2.75, 3.05) is 34.3 Å². The van der Waals surface area contributed by atoms with Gasteiger partial charge in [-0.3, -0.25) is 9.52 Å². The van der Waals surface area contributed by atoms with Crippen molar-refractivity contribution in [3.05, 3.63) is 48.0 Å². The SMILES string of the molecule is CS(=O)(=O)Nc1cccc(NC(=O)C2CN(c3nc4c(C(F)(F)F)cccc4s3)C2)c1. The molecule has 1 aliphatic heterocycles. The zero-order chi connectivity index (χ0) is 22.4. The lowest BCUT2D eigenvalue weighted by molar-refractivity contribution is -0.136. The number of amides is 1. The molecule has 1 saturated heterocycles. The Kier molecular flexibility index (Phi) is 5.30. The summed E-state index contributed by atoms with van der Waals surface area (Å²) < 4.78 is 65.0. The molecule has 1 aromatic heterocycles. The highest BCUT2D eigenvalue weighted by Gasteiger charge is 2.37. The lowest BCUT2D eigenvalue weighted by Gasteiger charge is -2.37. The Labute approximate surface area is 179 Å². The smallest absolute Gasteiger partial charge is 0.346 e. The zero-order valence-electron chi connectivity index (χ0n) is 16.1. The van der Waals surface area contributed by atoms with Crippen molar-refractivity contribution < 1.29 is 26.4 Å². The van der Waals surface area contributed by atoms with E-state index in [0.29, 0.717) is 34.3 Å². The average molecular weight is 470 g/mol. The predicted molar refractivity (Wildman–Crippen MR) is 114 cm³/mol. The Morgan fingerprint density at radius 2 is 1.84 bits per heavy atom. The van der Waals surface area contributed by atoms with Crippen LogP contribution >= 0.6 is 11.3 Å². The molecule has 2 heterocycles. The molecule has 1 fully saturated rings. The molecule has 0 spiro atoms. The van der Waals surface area contributed by atoms with Gasteiger partial charge in [0.15, 0.2) is 5.13 Å². The van der Waals surface area contributed by atoms with Crippen molar-refractivity contribution in [1.82, 2.24) is 4.98 Å². The Hall–Kier alpha value is -2.86. The highest BCUT2D eigenvalue weighted by atomic mass is 32.2. The van der Waals surface area contributed by atoms with Crippen LogP contribution in [-0.2, 0) is 21.0 Å². The third-order valence-corrected chi connectivity index (χ3v) is 6.36. The molecule has 7 nitrogen and oxygen atoms in total. The van der Waals surface area contributed by atoms with Crippen LogP contribution in [0, 0.1) is 5.92 Å². The van der Waals surface area contributed by atoms with Crippen molar-refractivity contribution >= 4 is 54.0 Å². The Morgan fingerprint density at radius 3 is 2.52 bits per heavy atom. The van der Waals surface area contributed by atoms with Gasteiger partial charge in [-0.05, 0) is 30.3 Å². The van der Waals surface area contributed by atoms with E-state index in [0.717, 1.165) is 23.7 Å². The Bertz CT molecular complexity index is 1250. The van der Waals surface area contributed by atoms with E-state index in [2.05, 4.69) is 15.0 Å². The van der Waals surface area contributed by atoms with Gasteiger partial charge in [-0.15, -0.1) is 0 Å². The maximum Gasteiger partial charge on any atom is 0.418 e. The number of alkyl halides is 3. The van der Waals surface area contributed by atoms with Gasteiger partial charge in [0.25, 0.3) is 0 Å². The first-order valence-electron chi connectivity index (χ1n) is 9.10. The third-order valence-electron chi connectivity index (χ3n) is 4.67. The summed E-state index contributed by atoms with van der Waals surface area (Å²) in [5.74, 6) is -0.620. The monoisotopic (exact) mass is 470 g/mol. The van der Waals surface area contributed by atoms with E-state index in [4.69, 9.17) is 0 Å². The van der Waals surface area contributed by atoms with E-state index >= 15 is 0 Å². The largest absolute Gasteiger partial charge is 0.418 e. The number of sulfonamides is 1. The van der Waals surface area contributed by atoms with Crippen LogP contribution in [-0.4, -0.2) is 38.7 Å². The maximum absolute atomic E-state index is 13.2. The number of para-hydroxylation sites is 1. The van der Waals surface area contributed by atoms with Gasteiger partial charge in [-0.2, -0.15) is 13.2 Å². The number of aromatic nitrogens is 1. The number of carbonyl (C=O) groups excluding carboxylic acids is 1. The quantitative estimate of drug-likeness (QED) is 0.593. The molecule has 0 bridgehead atoms. The van der Waals surface area contributed by atoms with Crippen molar-refractivity contribution in [2.24, 2.45) is 5.92 Å². The van der Waals surface area contributed by atoms with Crippen LogP contribution in [0.5, 0.6) is 0 Å².